The summed E-state index contributed by atoms with van der Waals surface area (Å²) >= 11 is 8.10. The Morgan fingerprint density at radius 1 is 1.07 bits per heavy atom. The summed E-state index contributed by atoms with van der Waals surface area (Å²) < 4.78 is 2.84. The van der Waals surface area contributed by atoms with Crippen LogP contribution in [0, 0.1) is 13.8 Å². The highest BCUT2D eigenvalue weighted by Gasteiger charge is 2.16. The summed E-state index contributed by atoms with van der Waals surface area (Å²) in [7, 11) is 0. The van der Waals surface area contributed by atoms with Crippen molar-refractivity contribution in [2.75, 3.05) is 0 Å². The summed E-state index contributed by atoms with van der Waals surface area (Å²) in [6.45, 7) is 4.66. The lowest BCUT2D eigenvalue weighted by molar-refractivity contribution is 0.573. The molecule has 0 N–H and O–H groups in total. The molecule has 27 heavy (non-hydrogen) atoms. The normalized spacial score (nSPS) is 11.1. The molecule has 0 aliphatic carbocycles. The average Bonchev–Trinajstić information content (AvgIpc) is 3.25. The molecule has 0 spiro atoms. The van der Waals surface area contributed by atoms with E-state index in [1.54, 1.807) is 15.7 Å². The van der Waals surface area contributed by atoms with Gasteiger partial charge < -0.3 is 0 Å². The summed E-state index contributed by atoms with van der Waals surface area (Å²) in [5.74, 6) is 0.508. The minimum atomic E-state index is 0.508. The Labute approximate surface area is 170 Å². The maximum absolute atomic E-state index is 4.66. The first kappa shape index (κ1) is 17.9. The van der Waals surface area contributed by atoms with Crippen LogP contribution in [0.15, 0.2) is 58.2 Å². The second kappa shape index (κ2) is 7.28. The topological polar surface area (TPSA) is 61.4 Å². The van der Waals surface area contributed by atoms with Crippen molar-refractivity contribution in [2.45, 2.75) is 25.4 Å². The van der Waals surface area contributed by atoms with Crippen molar-refractivity contribution in [3.8, 4) is 17.1 Å². The smallest absolute Gasteiger partial charge is 0.209 e. The molecule has 0 atom stereocenters. The van der Waals surface area contributed by atoms with Crippen LogP contribution in [0.4, 0.5) is 0 Å². The fraction of sp³-hybridized carbons (Fsp3) is 0.158. The summed E-state index contributed by atoms with van der Waals surface area (Å²) in [6.07, 6.45) is 1.73. The maximum Gasteiger partial charge on any atom is 0.209 e. The first-order valence-corrected chi connectivity index (χ1v) is 9.62. The van der Waals surface area contributed by atoms with Gasteiger partial charge in [-0.1, -0.05) is 40.2 Å². The van der Waals surface area contributed by atoms with E-state index in [1.807, 2.05) is 24.3 Å². The predicted molar refractivity (Wildman–Crippen MR) is 110 cm³/mol. The Balaban J connectivity index is 1.63. The first-order chi connectivity index (χ1) is 13.0. The van der Waals surface area contributed by atoms with E-state index in [9.17, 15) is 0 Å². The van der Waals surface area contributed by atoms with Crippen molar-refractivity contribution in [1.82, 2.24) is 30.0 Å². The van der Waals surface area contributed by atoms with Crippen LogP contribution >= 0.6 is 28.6 Å². The zero-order valence-corrected chi connectivity index (χ0v) is 17.3. The number of hydrogen-bond acceptors (Lipinski definition) is 5. The van der Waals surface area contributed by atoms with Gasteiger partial charge in [0, 0.05) is 4.47 Å². The lowest BCUT2D eigenvalue weighted by Gasteiger charge is -2.08. The zero-order valence-electron chi connectivity index (χ0n) is 14.8. The van der Waals surface area contributed by atoms with Gasteiger partial charge in [0.2, 0.25) is 5.82 Å². The van der Waals surface area contributed by atoms with Crippen LogP contribution in [0.5, 0.6) is 0 Å². The van der Waals surface area contributed by atoms with Gasteiger partial charge in [0.15, 0.2) is 0 Å². The largest absolute Gasteiger partial charge is 0.226 e. The summed E-state index contributed by atoms with van der Waals surface area (Å²) in [5, 5.41) is 18.0. The molecule has 2 heterocycles. The Morgan fingerprint density at radius 2 is 1.85 bits per heavy atom. The molecule has 0 amide bonds. The number of thiol groups is 1. The van der Waals surface area contributed by atoms with E-state index in [4.69, 9.17) is 0 Å². The van der Waals surface area contributed by atoms with E-state index in [0.717, 1.165) is 26.9 Å². The third-order valence-electron chi connectivity index (χ3n) is 4.27. The Morgan fingerprint density at radius 3 is 2.63 bits per heavy atom. The third-order valence-corrected chi connectivity index (χ3v) is 5.23. The van der Waals surface area contributed by atoms with Crippen LogP contribution in [0.3, 0.4) is 0 Å². The molecule has 0 saturated carbocycles. The van der Waals surface area contributed by atoms with Crippen molar-refractivity contribution in [2.24, 2.45) is 0 Å². The fourth-order valence-electron chi connectivity index (χ4n) is 2.79. The molecule has 0 unspecified atom stereocenters. The van der Waals surface area contributed by atoms with Crippen molar-refractivity contribution >= 4 is 28.6 Å². The van der Waals surface area contributed by atoms with Gasteiger partial charge in [-0.25, -0.2) is 4.68 Å². The number of nitrogens with zero attached hydrogens (tertiary/aromatic N) is 6. The van der Waals surface area contributed by atoms with Crippen molar-refractivity contribution < 1.29 is 0 Å². The van der Waals surface area contributed by atoms with E-state index in [-0.39, 0.29) is 0 Å². The van der Waals surface area contributed by atoms with Crippen LogP contribution in [0.25, 0.3) is 17.1 Å². The quantitative estimate of drug-likeness (QED) is 0.482. The van der Waals surface area contributed by atoms with Gasteiger partial charge in [-0.15, -0.1) is 22.8 Å². The fourth-order valence-corrected chi connectivity index (χ4v) is 3.38. The Hall–Kier alpha value is -2.45. The van der Waals surface area contributed by atoms with Gasteiger partial charge >= 0.3 is 0 Å². The number of tetrazole rings is 1. The third kappa shape index (κ3) is 3.68. The second-order valence-corrected chi connectivity index (χ2v) is 7.69. The van der Waals surface area contributed by atoms with Gasteiger partial charge in [-0.2, -0.15) is 9.90 Å². The zero-order chi connectivity index (χ0) is 19.0. The number of aromatic nitrogens is 6. The number of halogens is 1. The molecule has 0 fully saturated rings. The van der Waals surface area contributed by atoms with Crippen molar-refractivity contribution in [1.29, 1.82) is 0 Å². The second-order valence-electron chi connectivity index (χ2n) is 6.35. The number of rotatable bonds is 4. The van der Waals surface area contributed by atoms with Gasteiger partial charge in [-0.05, 0) is 54.0 Å². The van der Waals surface area contributed by atoms with E-state index in [2.05, 4.69) is 81.1 Å². The Bertz CT molecular complexity index is 1100. The molecule has 8 heteroatoms. The minimum Gasteiger partial charge on any atom is -0.226 e. The molecule has 4 aromatic rings. The van der Waals surface area contributed by atoms with Crippen LogP contribution in [-0.2, 0) is 6.54 Å². The van der Waals surface area contributed by atoms with Crippen LogP contribution in [0.2, 0.25) is 0 Å². The lowest BCUT2D eigenvalue weighted by Crippen LogP contribution is -2.03. The van der Waals surface area contributed by atoms with Crippen LogP contribution in [0.1, 0.15) is 16.7 Å². The van der Waals surface area contributed by atoms with Crippen molar-refractivity contribution in [3.05, 3.63) is 69.8 Å². The first-order valence-electron chi connectivity index (χ1n) is 8.38. The monoisotopic (exact) mass is 440 g/mol. The molecule has 2 aromatic heterocycles. The number of hydrogen-bond donors (Lipinski definition) is 1. The number of benzene rings is 2. The van der Waals surface area contributed by atoms with Crippen LogP contribution < -0.4 is 0 Å². The number of aryl methyl sites for hydroxylation is 2. The van der Waals surface area contributed by atoms with Gasteiger partial charge in [0.1, 0.15) is 5.03 Å². The standard InChI is InChI=1S/C19H17BrN6S/c1-12-3-4-13(2)17(9-12)26-19(27)16(10-21-26)18-22-24-25(23-18)11-14-5-7-15(20)8-6-14/h3-10,27H,11H2,1-2H3. The summed E-state index contributed by atoms with van der Waals surface area (Å²) in [4.78, 5) is 1.57. The highest BCUT2D eigenvalue weighted by molar-refractivity contribution is 9.10. The molecule has 0 bridgehead atoms. The molecule has 0 aliphatic heterocycles. The lowest BCUT2D eigenvalue weighted by atomic mass is 10.1. The molecular weight excluding hydrogens is 424 g/mol. The highest BCUT2D eigenvalue weighted by Crippen LogP contribution is 2.27. The molecular formula is C19H17BrN6S. The molecule has 0 saturated heterocycles. The van der Waals surface area contributed by atoms with E-state index in [0.29, 0.717) is 17.4 Å². The molecule has 2 aromatic carbocycles. The van der Waals surface area contributed by atoms with Crippen LogP contribution in [-0.4, -0.2) is 30.0 Å². The molecule has 136 valence electrons. The van der Waals surface area contributed by atoms with Gasteiger partial charge in [0.05, 0.1) is 24.0 Å². The average molecular weight is 441 g/mol. The molecule has 0 radical (unpaired) electrons. The molecule has 0 aliphatic rings. The van der Waals surface area contributed by atoms with E-state index < -0.39 is 0 Å². The van der Waals surface area contributed by atoms with E-state index in [1.165, 1.54) is 5.56 Å². The van der Waals surface area contributed by atoms with E-state index >= 15 is 0 Å². The maximum atomic E-state index is 4.66. The predicted octanol–water partition coefficient (Wildman–Crippen LogP) is 4.24. The van der Waals surface area contributed by atoms with Gasteiger partial charge in [0.25, 0.3) is 0 Å². The van der Waals surface area contributed by atoms with Gasteiger partial charge in [-0.3, -0.25) is 0 Å². The minimum absolute atomic E-state index is 0.508. The van der Waals surface area contributed by atoms with Crippen molar-refractivity contribution in [3.63, 3.8) is 0 Å². The molecule has 4 rings (SSSR count). The Kier molecular flexibility index (Phi) is 4.84. The highest BCUT2D eigenvalue weighted by atomic mass is 79.9. The summed E-state index contributed by atoms with van der Waals surface area (Å²) in [5.41, 5.74) is 5.13. The summed E-state index contributed by atoms with van der Waals surface area (Å²) in [6, 6.07) is 14.3. The molecule has 6 nitrogen and oxygen atoms in total. The SMILES string of the molecule is Cc1ccc(C)c(-n2ncc(-c3nnn(Cc4ccc(Br)cc4)n3)c2S)c1.